The van der Waals surface area contributed by atoms with E-state index in [9.17, 15) is 9.36 Å². The number of nitrogens with zero attached hydrogens (tertiary/aromatic N) is 1. The molecule has 0 amide bonds. The molecule has 34 heavy (non-hydrogen) atoms. The van der Waals surface area contributed by atoms with Crippen molar-refractivity contribution in [2.45, 2.75) is 51.7 Å². The van der Waals surface area contributed by atoms with E-state index in [1.54, 1.807) is 31.2 Å². The highest BCUT2D eigenvalue weighted by Crippen LogP contribution is 2.45. The molecule has 1 saturated heterocycles. The summed E-state index contributed by atoms with van der Waals surface area (Å²) in [7, 11) is -1.97. The zero-order valence-corrected chi connectivity index (χ0v) is 20.7. The van der Waals surface area contributed by atoms with Gasteiger partial charge in [-0.3, -0.25) is 9.32 Å². The second-order valence-corrected chi connectivity index (χ2v) is 9.77. The van der Waals surface area contributed by atoms with Gasteiger partial charge in [-0.1, -0.05) is 54.6 Å². The van der Waals surface area contributed by atoms with Crippen molar-refractivity contribution in [2.24, 2.45) is 0 Å². The molecular weight excluding hydrogens is 455 g/mol. The maximum atomic E-state index is 13.6. The smallest absolute Gasteiger partial charge is 0.459 e. The summed E-state index contributed by atoms with van der Waals surface area (Å²) in [5, 5.41) is 2.72. The number of rotatable bonds is 12. The van der Waals surface area contributed by atoms with Crippen LogP contribution in [-0.4, -0.2) is 42.9 Å². The average molecular weight is 489 g/mol. The Morgan fingerprint density at radius 3 is 2.53 bits per heavy atom. The number of benzene rings is 2. The van der Waals surface area contributed by atoms with Crippen LogP contribution in [-0.2, 0) is 30.0 Å². The average Bonchev–Trinajstić information content (AvgIpc) is 3.32. The van der Waals surface area contributed by atoms with E-state index in [2.05, 4.69) is 5.09 Å². The SMILES string of the molecule is C/C=C\N(C)C1CCC(COP(=O)(NC(C)C(=O)OCc2ccccc2)Oc2ccccc2)O1. The number of hydrogen-bond acceptors (Lipinski definition) is 7. The van der Waals surface area contributed by atoms with Gasteiger partial charge in [-0.15, -0.1) is 0 Å². The van der Waals surface area contributed by atoms with Crippen LogP contribution in [0, 0.1) is 0 Å². The van der Waals surface area contributed by atoms with Crippen LogP contribution in [0.5, 0.6) is 5.75 Å². The lowest BCUT2D eigenvalue weighted by molar-refractivity contribution is -0.146. The third-order valence-electron chi connectivity index (χ3n) is 5.25. The van der Waals surface area contributed by atoms with Gasteiger partial charge in [0.05, 0.1) is 12.7 Å². The van der Waals surface area contributed by atoms with Gasteiger partial charge >= 0.3 is 13.7 Å². The van der Waals surface area contributed by atoms with Gasteiger partial charge < -0.3 is 18.9 Å². The van der Waals surface area contributed by atoms with Gasteiger partial charge in [-0.05, 0) is 50.6 Å². The lowest BCUT2D eigenvalue weighted by Crippen LogP contribution is -2.35. The Labute approximate surface area is 201 Å². The second kappa shape index (κ2) is 12.7. The van der Waals surface area contributed by atoms with Crippen molar-refractivity contribution in [3.63, 3.8) is 0 Å². The Morgan fingerprint density at radius 2 is 1.85 bits per heavy atom. The molecule has 8 nitrogen and oxygen atoms in total. The van der Waals surface area contributed by atoms with Crippen molar-refractivity contribution in [3.8, 4) is 5.75 Å². The minimum absolute atomic E-state index is 0.0586. The summed E-state index contributed by atoms with van der Waals surface area (Å²) in [6.45, 7) is 3.68. The molecule has 184 valence electrons. The molecule has 9 heteroatoms. The van der Waals surface area contributed by atoms with Crippen LogP contribution in [0.4, 0.5) is 0 Å². The predicted octanol–water partition coefficient (Wildman–Crippen LogP) is 4.88. The Balaban J connectivity index is 1.60. The first-order valence-electron chi connectivity index (χ1n) is 11.4. The van der Waals surface area contributed by atoms with E-state index in [1.165, 1.54) is 0 Å². The van der Waals surface area contributed by atoms with Crippen LogP contribution >= 0.6 is 7.75 Å². The highest BCUT2D eigenvalue weighted by molar-refractivity contribution is 7.52. The number of carbonyl (C=O) groups excluding carboxylic acids is 1. The van der Waals surface area contributed by atoms with E-state index in [1.807, 2.05) is 67.5 Å². The van der Waals surface area contributed by atoms with E-state index in [0.717, 1.165) is 18.4 Å². The summed E-state index contributed by atoms with van der Waals surface area (Å²) in [6.07, 6.45) is 5.16. The highest BCUT2D eigenvalue weighted by Gasteiger charge is 2.35. The molecule has 1 heterocycles. The molecule has 1 aliphatic rings. The molecule has 3 rings (SSSR count). The van der Waals surface area contributed by atoms with Crippen LogP contribution in [0.2, 0.25) is 0 Å². The number of para-hydroxylation sites is 1. The van der Waals surface area contributed by atoms with Crippen molar-refractivity contribution in [3.05, 3.63) is 78.5 Å². The van der Waals surface area contributed by atoms with Gasteiger partial charge in [0, 0.05) is 7.05 Å². The summed E-state index contributed by atoms with van der Waals surface area (Å²) >= 11 is 0. The largest absolute Gasteiger partial charge is 0.460 e. The van der Waals surface area contributed by atoms with Crippen molar-refractivity contribution < 1.29 is 27.9 Å². The molecule has 4 atom stereocenters. The van der Waals surface area contributed by atoms with E-state index in [4.69, 9.17) is 18.5 Å². The molecule has 4 unspecified atom stereocenters. The first-order chi connectivity index (χ1) is 16.4. The minimum Gasteiger partial charge on any atom is -0.460 e. The van der Waals surface area contributed by atoms with Crippen molar-refractivity contribution in [2.75, 3.05) is 13.7 Å². The summed E-state index contributed by atoms with van der Waals surface area (Å²) in [4.78, 5) is 14.5. The first-order valence-corrected chi connectivity index (χ1v) is 12.9. The number of nitrogens with one attached hydrogen (secondary N) is 1. The monoisotopic (exact) mass is 488 g/mol. The molecule has 0 radical (unpaired) electrons. The minimum atomic E-state index is -3.91. The zero-order valence-electron chi connectivity index (χ0n) is 19.8. The number of carbonyl (C=O) groups is 1. The van der Waals surface area contributed by atoms with Crippen LogP contribution in [0.25, 0.3) is 0 Å². The first kappa shape index (κ1) is 26.0. The molecular formula is C25H33N2O6P. The van der Waals surface area contributed by atoms with Gasteiger partial charge in [0.2, 0.25) is 0 Å². The van der Waals surface area contributed by atoms with Gasteiger partial charge in [-0.25, -0.2) is 4.57 Å². The second-order valence-electron chi connectivity index (χ2n) is 8.08. The molecule has 2 aromatic carbocycles. The van der Waals surface area contributed by atoms with Crippen molar-refractivity contribution in [1.29, 1.82) is 0 Å². The van der Waals surface area contributed by atoms with Crippen LogP contribution < -0.4 is 9.61 Å². The van der Waals surface area contributed by atoms with Crippen LogP contribution in [0.1, 0.15) is 32.3 Å². The Bertz CT molecular complexity index is 972. The molecule has 1 N–H and O–H groups in total. The number of ether oxygens (including phenoxy) is 2. The zero-order chi connectivity index (χ0) is 24.4. The lowest BCUT2D eigenvalue weighted by atomic mass is 10.2. The van der Waals surface area contributed by atoms with Crippen LogP contribution in [0.15, 0.2) is 72.9 Å². The van der Waals surface area contributed by atoms with Crippen LogP contribution in [0.3, 0.4) is 0 Å². The van der Waals surface area contributed by atoms with Gasteiger partial charge in [0.15, 0.2) is 0 Å². The summed E-state index contributed by atoms with van der Waals surface area (Å²) in [5.41, 5.74) is 0.860. The van der Waals surface area contributed by atoms with Gasteiger partial charge in [0.25, 0.3) is 0 Å². The quantitative estimate of drug-likeness (QED) is 0.334. The standard InChI is InChI=1S/C25H33N2O6P/c1-4-17-27(3)24-16-15-23(32-24)19-31-34(29,33-22-13-9-6-10-14-22)26-20(2)25(28)30-18-21-11-7-5-8-12-21/h4-14,17,20,23-24H,15-16,18-19H2,1-3H3,(H,26,29)/b17-4-. The third-order valence-corrected chi connectivity index (χ3v) is 6.90. The van der Waals surface area contributed by atoms with E-state index >= 15 is 0 Å². The normalized spacial score (nSPS) is 20.6. The molecule has 2 aromatic rings. The predicted molar refractivity (Wildman–Crippen MR) is 130 cm³/mol. The number of hydrogen-bond donors (Lipinski definition) is 1. The third kappa shape index (κ3) is 7.99. The number of allylic oxidation sites excluding steroid dienone is 1. The Hall–Kier alpha value is -2.64. The highest BCUT2D eigenvalue weighted by atomic mass is 31.2. The van der Waals surface area contributed by atoms with E-state index in [-0.39, 0.29) is 25.5 Å². The fourth-order valence-electron chi connectivity index (χ4n) is 3.48. The van der Waals surface area contributed by atoms with Crippen molar-refractivity contribution >= 4 is 13.7 Å². The fourth-order valence-corrected chi connectivity index (χ4v) is 5.00. The summed E-state index contributed by atoms with van der Waals surface area (Å²) in [6, 6.07) is 17.1. The van der Waals surface area contributed by atoms with E-state index in [0.29, 0.717) is 5.75 Å². The lowest BCUT2D eigenvalue weighted by Gasteiger charge is -2.25. The molecule has 0 spiro atoms. The molecule has 0 saturated carbocycles. The van der Waals surface area contributed by atoms with Crippen molar-refractivity contribution in [1.82, 2.24) is 9.99 Å². The topological polar surface area (TPSA) is 86.3 Å². The molecule has 0 aromatic heterocycles. The number of esters is 1. The Kier molecular flexibility index (Phi) is 9.72. The van der Waals surface area contributed by atoms with E-state index < -0.39 is 19.8 Å². The summed E-state index contributed by atoms with van der Waals surface area (Å²) < 4.78 is 36.4. The molecule has 0 aliphatic carbocycles. The van der Waals surface area contributed by atoms with Gasteiger partial charge in [0.1, 0.15) is 24.6 Å². The van der Waals surface area contributed by atoms with Gasteiger partial charge in [-0.2, -0.15) is 5.09 Å². The Morgan fingerprint density at radius 1 is 1.18 bits per heavy atom. The maximum Gasteiger partial charge on any atom is 0.459 e. The summed E-state index contributed by atoms with van der Waals surface area (Å²) in [5.74, 6) is -0.198. The fraction of sp³-hybridized carbons (Fsp3) is 0.400. The molecule has 1 fully saturated rings. The molecule has 1 aliphatic heterocycles. The molecule has 0 bridgehead atoms. The maximum absolute atomic E-state index is 13.6.